The largest absolute Gasteiger partial charge is 0.340 e. The average molecular weight is 379 g/mol. The molecule has 3 rings (SSSR count). The Bertz CT molecular complexity index is 765. The predicted octanol–water partition coefficient (Wildman–Crippen LogP) is 4.31. The molecule has 0 atom stereocenters. The third kappa shape index (κ3) is 5.29. The van der Waals surface area contributed by atoms with Gasteiger partial charge in [0.15, 0.2) is 5.78 Å². The molecule has 28 heavy (non-hydrogen) atoms. The van der Waals surface area contributed by atoms with Crippen molar-refractivity contribution in [2.24, 2.45) is 0 Å². The number of ketones is 1. The number of nitrogens with one attached hydrogen (secondary N) is 1. The van der Waals surface area contributed by atoms with Crippen LogP contribution in [0.25, 0.3) is 11.1 Å². The molecule has 0 saturated carbocycles. The number of carbonyl (C=O) groups excluding carboxylic acids is 2. The number of carbonyl (C=O) groups is 2. The first-order valence-corrected chi connectivity index (χ1v) is 10.4. The highest BCUT2D eigenvalue weighted by Gasteiger charge is 2.24. The Morgan fingerprint density at radius 2 is 1.57 bits per heavy atom. The minimum absolute atomic E-state index is 0.0368. The van der Waals surface area contributed by atoms with Gasteiger partial charge in [-0.2, -0.15) is 0 Å². The van der Waals surface area contributed by atoms with E-state index in [4.69, 9.17) is 0 Å². The van der Waals surface area contributed by atoms with E-state index in [9.17, 15) is 9.59 Å². The number of nitrogens with zero attached hydrogens (tertiary/aromatic N) is 1. The molecule has 1 heterocycles. The third-order valence-electron chi connectivity index (χ3n) is 5.41. The van der Waals surface area contributed by atoms with Crippen LogP contribution in [0.3, 0.4) is 0 Å². The van der Waals surface area contributed by atoms with Crippen LogP contribution < -0.4 is 5.32 Å². The van der Waals surface area contributed by atoms with Crippen LogP contribution in [0.15, 0.2) is 54.6 Å². The van der Waals surface area contributed by atoms with Crippen molar-refractivity contribution in [2.75, 3.05) is 19.6 Å². The fourth-order valence-electron chi connectivity index (χ4n) is 3.86. The molecule has 0 unspecified atom stereocenters. The van der Waals surface area contributed by atoms with Gasteiger partial charge in [0.2, 0.25) is 5.91 Å². The Hall–Kier alpha value is -2.46. The Balaban J connectivity index is 1.57. The van der Waals surface area contributed by atoms with Crippen molar-refractivity contribution in [1.29, 1.82) is 0 Å². The van der Waals surface area contributed by atoms with Crippen LogP contribution in [-0.4, -0.2) is 42.3 Å². The van der Waals surface area contributed by atoms with Gasteiger partial charge < -0.3 is 10.2 Å². The molecule has 2 aromatic rings. The molecule has 0 radical (unpaired) electrons. The monoisotopic (exact) mass is 378 g/mol. The average Bonchev–Trinajstić information content (AvgIpc) is 2.77. The molecular formula is C24H30N2O2. The molecule has 1 saturated heterocycles. The highest BCUT2D eigenvalue weighted by Crippen LogP contribution is 2.20. The second kappa shape index (κ2) is 10.2. The summed E-state index contributed by atoms with van der Waals surface area (Å²) in [7, 11) is 0. The molecule has 0 aliphatic carbocycles. The minimum Gasteiger partial charge on any atom is -0.340 e. The number of piperidine rings is 1. The highest BCUT2D eigenvalue weighted by atomic mass is 16.2. The summed E-state index contributed by atoms with van der Waals surface area (Å²) >= 11 is 0. The topological polar surface area (TPSA) is 49.4 Å². The number of amides is 1. The Labute approximate surface area is 167 Å². The molecule has 1 aliphatic rings. The van der Waals surface area contributed by atoms with Gasteiger partial charge in [-0.05, 0) is 43.5 Å². The molecule has 4 nitrogen and oxygen atoms in total. The molecule has 148 valence electrons. The van der Waals surface area contributed by atoms with E-state index in [2.05, 4.69) is 24.4 Å². The van der Waals surface area contributed by atoms with Gasteiger partial charge in [0.25, 0.3) is 0 Å². The lowest BCUT2D eigenvalue weighted by atomic mass is 10.00. The van der Waals surface area contributed by atoms with Gasteiger partial charge in [0, 0.05) is 31.0 Å². The molecule has 1 amide bonds. The number of hydrogen-bond donors (Lipinski definition) is 1. The fourth-order valence-corrected chi connectivity index (χ4v) is 3.86. The van der Waals surface area contributed by atoms with Crippen molar-refractivity contribution in [3.05, 3.63) is 60.2 Å². The van der Waals surface area contributed by atoms with Crippen molar-refractivity contribution in [2.45, 2.75) is 45.1 Å². The molecule has 1 aliphatic heterocycles. The lowest BCUT2D eigenvalue weighted by Crippen LogP contribution is -2.46. The van der Waals surface area contributed by atoms with Gasteiger partial charge in [-0.3, -0.25) is 9.59 Å². The smallest absolute Gasteiger partial charge is 0.223 e. The second-order valence-corrected chi connectivity index (χ2v) is 7.43. The van der Waals surface area contributed by atoms with Gasteiger partial charge in [-0.15, -0.1) is 0 Å². The normalized spacial score (nSPS) is 14.6. The van der Waals surface area contributed by atoms with E-state index in [1.165, 1.54) is 0 Å². The summed E-state index contributed by atoms with van der Waals surface area (Å²) in [6, 6.07) is 18.1. The van der Waals surface area contributed by atoms with E-state index >= 15 is 0 Å². The molecule has 0 bridgehead atoms. The Morgan fingerprint density at radius 1 is 0.929 bits per heavy atom. The molecule has 1 N–H and O–H groups in total. The SMILES string of the molecule is CCCN(C(=O)CCC(=O)c1ccc(-c2ccccc2)cc1)C1CCNCC1. The maximum Gasteiger partial charge on any atom is 0.223 e. The van der Waals surface area contributed by atoms with Gasteiger partial charge >= 0.3 is 0 Å². The summed E-state index contributed by atoms with van der Waals surface area (Å²) in [5, 5.41) is 3.35. The maximum absolute atomic E-state index is 12.8. The number of rotatable bonds is 8. The van der Waals surface area contributed by atoms with E-state index in [0.29, 0.717) is 18.0 Å². The standard InChI is InChI=1S/C24H30N2O2/c1-2-18-26(22-14-16-25-17-15-22)24(28)13-12-23(27)21-10-8-20(9-11-21)19-6-4-3-5-7-19/h3-11,22,25H,2,12-18H2,1H3. The summed E-state index contributed by atoms with van der Waals surface area (Å²) in [4.78, 5) is 27.3. The number of hydrogen-bond acceptors (Lipinski definition) is 3. The summed E-state index contributed by atoms with van der Waals surface area (Å²) in [5.74, 6) is 0.151. The van der Waals surface area contributed by atoms with E-state index < -0.39 is 0 Å². The van der Waals surface area contributed by atoms with Crippen LogP contribution >= 0.6 is 0 Å². The first-order valence-electron chi connectivity index (χ1n) is 10.4. The predicted molar refractivity (Wildman–Crippen MR) is 113 cm³/mol. The fraction of sp³-hybridized carbons (Fsp3) is 0.417. The van der Waals surface area contributed by atoms with Crippen molar-refractivity contribution >= 4 is 11.7 Å². The van der Waals surface area contributed by atoms with E-state index in [1.807, 2.05) is 47.4 Å². The van der Waals surface area contributed by atoms with Crippen LogP contribution in [0.2, 0.25) is 0 Å². The maximum atomic E-state index is 12.8. The summed E-state index contributed by atoms with van der Waals surface area (Å²) in [5.41, 5.74) is 2.90. The van der Waals surface area contributed by atoms with Gasteiger partial charge in [0.05, 0.1) is 0 Å². The van der Waals surface area contributed by atoms with Crippen LogP contribution in [-0.2, 0) is 4.79 Å². The van der Waals surface area contributed by atoms with E-state index in [0.717, 1.165) is 50.0 Å². The van der Waals surface area contributed by atoms with Crippen molar-refractivity contribution < 1.29 is 9.59 Å². The van der Waals surface area contributed by atoms with Gasteiger partial charge in [-0.1, -0.05) is 61.5 Å². The van der Waals surface area contributed by atoms with Crippen molar-refractivity contribution in [1.82, 2.24) is 10.2 Å². The zero-order valence-corrected chi connectivity index (χ0v) is 16.7. The quantitative estimate of drug-likeness (QED) is 0.697. The third-order valence-corrected chi connectivity index (χ3v) is 5.41. The Morgan fingerprint density at radius 3 is 2.21 bits per heavy atom. The molecule has 0 spiro atoms. The lowest BCUT2D eigenvalue weighted by molar-refractivity contribution is -0.134. The lowest BCUT2D eigenvalue weighted by Gasteiger charge is -2.34. The highest BCUT2D eigenvalue weighted by molar-refractivity contribution is 5.98. The van der Waals surface area contributed by atoms with Crippen molar-refractivity contribution in [3.63, 3.8) is 0 Å². The van der Waals surface area contributed by atoms with Gasteiger partial charge in [-0.25, -0.2) is 0 Å². The second-order valence-electron chi connectivity index (χ2n) is 7.43. The molecule has 4 heteroatoms. The van der Waals surface area contributed by atoms with Crippen LogP contribution in [0.4, 0.5) is 0 Å². The molecule has 1 fully saturated rings. The molecule has 2 aromatic carbocycles. The van der Waals surface area contributed by atoms with Crippen LogP contribution in [0.1, 0.15) is 49.4 Å². The van der Waals surface area contributed by atoms with Crippen LogP contribution in [0, 0.1) is 0 Å². The number of benzene rings is 2. The summed E-state index contributed by atoms with van der Waals surface area (Å²) < 4.78 is 0. The summed E-state index contributed by atoms with van der Waals surface area (Å²) in [6.45, 7) is 4.81. The number of Topliss-reactive ketones (excluding diaryl/α,β-unsaturated/α-hetero) is 1. The molecular weight excluding hydrogens is 348 g/mol. The van der Waals surface area contributed by atoms with Gasteiger partial charge in [0.1, 0.15) is 0 Å². The van der Waals surface area contributed by atoms with Crippen LogP contribution in [0.5, 0.6) is 0 Å². The zero-order valence-electron chi connectivity index (χ0n) is 16.7. The first-order chi connectivity index (χ1) is 13.7. The zero-order chi connectivity index (χ0) is 19.8. The van der Waals surface area contributed by atoms with E-state index in [-0.39, 0.29) is 18.1 Å². The minimum atomic E-state index is 0.0368. The van der Waals surface area contributed by atoms with Crippen molar-refractivity contribution in [3.8, 4) is 11.1 Å². The van der Waals surface area contributed by atoms with E-state index in [1.54, 1.807) is 0 Å². The molecule has 0 aromatic heterocycles. The summed E-state index contributed by atoms with van der Waals surface area (Å²) in [6.07, 6.45) is 3.52. The first kappa shape index (κ1) is 20.3. The Kier molecular flexibility index (Phi) is 7.38.